The van der Waals surface area contributed by atoms with Crippen molar-refractivity contribution in [3.8, 4) is 0 Å². The Hall–Kier alpha value is -2.67. The lowest BCUT2D eigenvalue weighted by atomic mass is 10.1. The molecule has 2 N–H and O–H groups in total. The summed E-state index contributed by atoms with van der Waals surface area (Å²) in [4.78, 5) is 28.1. The van der Waals surface area contributed by atoms with Crippen LogP contribution in [0.5, 0.6) is 0 Å². The van der Waals surface area contributed by atoms with Crippen LogP contribution in [0.3, 0.4) is 0 Å². The lowest BCUT2D eigenvalue weighted by Crippen LogP contribution is -2.51. The lowest BCUT2D eigenvalue weighted by molar-refractivity contribution is -0.132. The van der Waals surface area contributed by atoms with Gasteiger partial charge in [-0.15, -0.1) is 0 Å². The van der Waals surface area contributed by atoms with Crippen LogP contribution in [0.15, 0.2) is 41.0 Å². The number of furan rings is 1. The molecule has 2 amide bonds. The maximum Gasteiger partial charge on any atom is 0.257 e. The van der Waals surface area contributed by atoms with Gasteiger partial charge in [0.15, 0.2) is 0 Å². The first-order valence-electron chi connectivity index (χ1n) is 8.16. The standard InChI is InChI=1S/C18H20FN3O3/c19-16-4-2-1-3-13(16)10-17(23)21-5-7-22(8-6-21)18(24)14-9-15(11-20)25-12-14/h1-4,9,12H,5-8,10-11,20H2. The number of piperazine rings is 1. The van der Waals surface area contributed by atoms with Crippen molar-refractivity contribution in [2.45, 2.75) is 13.0 Å². The first-order chi connectivity index (χ1) is 12.1. The molecule has 0 aliphatic carbocycles. The lowest BCUT2D eigenvalue weighted by Gasteiger charge is -2.34. The second-order valence-corrected chi connectivity index (χ2v) is 5.95. The summed E-state index contributed by atoms with van der Waals surface area (Å²) < 4.78 is 18.9. The summed E-state index contributed by atoms with van der Waals surface area (Å²) in [7, 11) is 0. The second-order valence-electron chi connectivity index (χ2n) is 5.95. The van der Waals surface area contributed by atoms with E-state index in [0.29, 0.717) is 43.1 Å². The molecule has 0 atom stereocenters. The van der Waals surface area contributed by atoms with E-state index in [9.17, 15) is 14.0 Å². The van der Waals surface area contributed by atoms with E-state index in [2.05, 4.69) is 0 Å². The van der Waals surface area contributed by atoms with Crippen molar-refractivity contribution in [3.05, 3.63) is 59.3 Å². The van der Waals surface area contributed by atoms with Gasteiger partial charge >= 0.3 is 0 Å². The Balaban J connectivity index is 1.55. The Labute approximate surface area is 145 Å². The molecular weight excluding hydrogens is 325 g/mol. The number of halogens is 1. The first-order valence-corrected chi connectivity index (χ1v) is 8.16. The summed E-state index contributed by atoms with van der Waals surface area (Å²) >= 11 is 0. The zero-order chi connectivity index (χ0) is 17.8. The predicted octanol–water partition coefficient (Wildman–Crippen LogP) is 1.40. The molecule has 6 nitrogen and oxygen atoms in total. The highest BCUT2D eigenvalue weighted by atomic mass is 19.1. The van der Waals surface area contributed by atoms with Crippen LogP contribution in [-0.2, 0) is 17.8 Å². The molecule has 1 aromatic heterocycles. The Kier molecular flexibility index (Phi) is 5.14. The highest BCUT2D eigenvalue weighted by molar-refractivity contribution is 5.94. The van der Waals surface area contributed by atoms with Gasteiger partial charge in [0.25, 0.3) is 5.91 Å². The smallest absolute Gasteiger partial charge is 0.257 e. The highest BCUT2D eigenvalue weighted by Crippen LogP contribution is 2.14. The summed E-state index contributed by atoms with van der Waals surface area (Å²) in [5.74, 6) is -0.0852. The number of carbonyl (C=O) groups excluding carboxylic acids is 2. The average molecular weight is 345 g/mol. The minimum Gasteiger partial charge on any atom is -0.467 e. The van der Waals surface area contributed by atoms with Gasteiger partial charge in [0.1, 0.15) is 17.8 Å². The molecule has 1 aromatic carbocycles. The first kappa shape index (κ1) is 17.2. The van der Waals surface area contributed by atoms with Crippen molar-refractivity contribution in [2.75, 3.05) is 26.2 Å². The largest absolute Gasteiger partial charge is 0.467 e. The normalized spacial score (nSPS) is 14.6. The zero-order valence-corrected chi connectivity index (χ0v) is 13.8. The minimum absolute atomic E-state index is 0.0300. The van der Waals surface area contributed by atoms with E-state index in [1.165, 1.54) is 12.3 Å². The second kappa shape index (κ2) is 7.48. The van der Waals surface area contributed by atoms with E-state index in [4.69, 9.17) is 10.2 Å². The van der Waals surface area contributed by atoms with Crippen LogP contribution in [0, 0.1) is 5.82 Å². The van der Waals surface area contributed by atoms with Gasteiger partial charge in [-0.05, 0) is 17.7 Å². The van der Waals surface area contributed by atoms with Gasteiger partial charge in [0.05, 0.1) is 18.5 Å². The van der Waals surface area contributed by atoms with E-state index in [0.717, 1.165) is 0 Å². The van der Waals surface area contributed by atoms with E-state index in [1.807, 2.05) is 0 Å². The Morgan fingerprint density at radius 1 is 1.12 bits per heavy atom. The predicted molar refractivity (Wildman–Crippen MR) is 89.2 cm³/mol. The van der Waals surface area contributed by atoms with Crippen molar-refractivity contribution >= 4 is 11.8 Å². The zero-order valence-electron chi connectivity index (χ0n) is 13.8. The molecule has 2 aromatic rings. The summed E-state index contributed by atoms with van der Waals surface area (Å²) in [5, 5.41) is 0. The fourth-order valence-electron chi connectivity index (χ4n) is 2.86. The molecule has 1 fully saturated rings. The maximum atomic E-state index is 13.7. The molecule has 2 heterocycles. The van der Waals surface area contributed by atoms with Crippen LogP contribution in [-0.4, -0.2) is 47.8 Å². The molecular formula is C18H20FN3O3. The van der Waals surface area contributed by atoms with Crippen LogP contribution >= 0.6 is 0 Å². The Bertz CT molecular complexity index is 766. The SMILES string of the molecule is NCc1cc(C(=O)N2CCN(C(=O)Cc3ccccc3F)CC2)co1. The average Bonchev–Trinajstić information content (AvgIpc) is 3.12. The third-order valence-electron chi connectivity index (χ3n) is 4.32. The van der Waals surface area contributed by atoms with Crippen molar-refractivity contribution in [2.24, 2.45) is 5.73 Å². The molecule has 0 spiro atoms. The Morgan fingerprint density at radius 2 is 1.80 bits per heavy atom. The summed E-state index contributed by atoms with van der Waals surface area (Å²) in [6.07, 6.45) is 1.43. The number of carbonyl (C=O) groups is 2. The summed E-state index contributed by atoms with van der Waals surface area (Å²) in [6, 6.07) is 7.90. The molecule has 7 heteroatoms. The Morgan fingerprint density at radius 3 is 2.44 bits per heavy atom. The van der Waals surface area contributed by atoms with Crippen LogP contribution in [0.1, 0.15) is 21.7 Å². The van der Waals surface area contributed by atoms with Gasteiger partial charge in [-0.3, -0.25) is 9.59 Å². The third-order valence-corrected chi connectivity index (χ3v) is 4.32. The van der Waals surface area contributed by atoms with Crippen LogP contribution < -0.4 is 5.73 Å². The fraction of sp³-hybridized carbons (Fsp3) is 0.333. The van der Waals surface area contributed by atoms with Gasteiger partial charge in [0, 0.05) is 26.2 Å². The van der Waals surface area contributed by atoms with Gasteiger partial charge in [-0.1, -0.05) is 18.2 Å². The third kappa shape index (κ3) is 3.88. The monoisotopic (exact) mass is 345 g/mol. The highest BCUT2D eigenvalue weighted by Gasteiger charge is 2.26. The quantitative estimate of drug-likeness (QED) is 0.908. The van der Waals surface area contributed by atoms with Gasteiger partial charge in [-0.2, -0.15) is 0 Å². The maximum absolute atomic E-state index is 13.7. The molecule has 0 saturated carbocycles. The molecule has 0 radical (unpaired) electrons. The molecule has 0 unspecified atom stereocenters. The van der Waals surface area contributed by atoms with Gasteiger partial charge in [0.2, 0.25) is 5.91 Å². The molecule has 25 heavy (non-hydrogen) atoms. The topological polar surface area (TPSA) is 79.8 Å². The number of nitrogens with two attached hydrogens (primary N) is 1. The minimum atomic E-state index is -0.375. The molecule has 0 bridgehead atoms. The fourth-order valence-corrected chi connectivity index (χ4v) is 2.86. The molecule has 132 valence electrons. The molecule has 1 saturated heterocycles. The van der Waals surface area contributed by atoms with E-state index in [1.54, 1.807) is 34.1 Å². The summed E-state index contributed by atoms with van der Waals surface area (Å²) in [5.41, 5.74) is 6.33. The van der Waals surface area contributed by atoms with Gasteiger partial charge < -0.3 is 20.0 Å². The van der Waals surface area contributed by atoms with Crippen molar-refractivity contribution in [3.63, 3.8) is 0 Å². The van der Waals surface area contributed by atoms with Crippen molar-refractivity contribution in [1.29, 1.82) is 0 Å². The van der Waals surface area contributed by atoms with Crippen LogP contribution in [0.4, 0.5) is 4.39 Å². The summed E-state index contributed by atoms with van der Waals surface area (Å²) in [6.45, 7) is 1.98. The number of nitrogens with zero attached hydrogens (tertiary/aromatic N) is 2. The van der Waals surface area contributed by atoms with E-state index < -0.39 is 0 Å². The number of amides is 2. The van der Waals surface area contributed by atoms with Gasteiger partial charge in [-0.25, -0.2) is 4.39 Å². The number of rotatable bonds is 4. The van der Waals surface area contributed by atoms with Crippen molar-refractivity contribution < 1.29 is 18.4 Å². The molecule has 3 rings (SSSR count). The van der Waals surface area contributed by atoms with Crippen LogP contribution in [0.2, 0.25) is 0 Å². The van der Waals surface area contributed by atoms with Crippen molar-refractivity contribution in [1.82, 2.24) is 9.80 Å². The number of hydrogen-bond donors (Lipinski definition) is 1. The van der Waals surface area contributed by atoms with Crippen LogP contribution in [0.25, 0.3) is 0 Å². The van der Waals surface area contributed by atoms with E-state index >= 15 is 0 Å². The van der Waals surface area contributed by atoms with E-state index in [-0.39, 0.29) is 30.6 Å². The number of benzene rings is 1. The number of hydrogen-bond acceptors (Lipinski definition) is 4. The molecule has 1 aliphatic rings. The molecule has 1 aliphatic heterocycles.